The van der Waals surface area contributed by atoms with Crippen LogP contribution in [0.15, 0.2) is 68.6 Å². The van der Waals surface area contributed by atoms with Crippen LogP contribution in [-0.2, 0) is 4.79 Å². The number of likely N-dealkylation sites (tertiary alicyclic amines) is 1. The lowest BCUT2D eigenvalue weighted by atomic mass is 9.94. The van der Waals surface area contributed by atoms with Gasteiger partial charge in [-0.15, -0.1) is 0 Å². The van der Waals surface area contributed by atoms with Crippen LogP contribution in [0.25, 0.3) is 12.2 Å². The molecular weight excluding hydrogens is 442 g/mol. The highest BCUT2D eigenvalue weighted by Crippen LogP contribution is 2.23. The van der Waals surface area contributed by atoms with E-state index in [0.717, 1.165) is 37.8 Å². The fourth-order valence-corrected chi connectivity index (χ4v) is 3.38. The van der Waals surface area contributed by atoms with Crippen LogP contribution in [0.4, 0.5) is 0 Å². The van der Waals surface area contributed by atoms with E-state index in [1.807, 2.05) is 60.7 Å². The average Bonchev–Trinajstić information content (AvgIpc) is 2.62. The van der Waals surface area contributed by atoms with Gasteiger partial charge in [0, 0.05) is 33.2 Å². The minimum absolute atomic E-state index is 0.149. The molecule has 0 aromatic heterocycles. The molecule has 0 bridgehead atoms. The van der Waals surface area contributed by atoms with Crippen LogP contribution in [0.2, 0.25) is 0 Å². The second kappa shape index (κ2) is 8.26. The molecule has 0 spiro atoms. The molecule has 1 heterocycles. The Hall–Kier alpha value is -1.49. The number of rotatable bonds is 3. The Morgan fingerprint density at radius 1 is 0.840 bits per heavy atom. The summed E-state index contributed by atoms with van der Waals surface area (Å²) in [6, 6.07) is 16.1. The molecule has 3 rings (SSSR count). The molecule has 0 radical (unpaired) electrons. The first-order chi connectivity index (χ1) is 12.0. The van der Waals surface area contributed by atoms with Crippen LogP contribution < -0.4 is 0 Å². The molecule has 0 aliphatic carbocycles. The van der Waals surface area contributed by atoms with Crippen molar-refractivity contribution in [1.29, 1.82) is 0 Å². The van der Waals surface area contributed by atoms with Gasteiger partial charge in [0.15, 0.2) is 5.78 Å². The Bertz CT molecular complexity index is 752. The highest BCUT2D eigenvalue weighted by molar-refractivity contribution is 9.10. The molecule has 2 aromatic carbocycles. The van der Waals surface area contributed by atoms with Crippen molar-refractivity contribution >= 4 is 49.8 Å². The van der Waals surface area contributed by atoms with Gasteiger partial charge in [-0.2, -0.15) is 0 Å². The van der Waals surface area contributed by atoms with E-state index in [-0.39, 0.29) is 5.78 Å². The molecule has 2 nitrogen and oxygen atoms in total. The zero-order valence-corrected chi connectivity index (χ0v) is 17.2. The highest BCUT2D eigenvalue weighted by Gasteiger charge is 2.25. The third-order valence-electron chi connectivity index (χ3n) is 4.24. The van der Waals surface area contributed by atoms with E-state index in [4.69, 9.17) is 0 Å². The molecule has 0 amide bonds. The van der Waals surface area contributed by atoms with Gasteiger partial charge >= 0.3 is 0 Å². The summed E-state index contributed by atoms with van der Waals surface area (Å²) >= 11 is 6.89. The molecular formula is C21H19Br2NO. The fourth-order valence-electron chi connectivity index (χ4n) is 2.85. The number of nitrogens with zero attached hydrogens (tertiary/aromatic N) is 1. The number of piperidine rings is 1. The Morgan fingerprint density at radius 2 is 1.24 bits per heavy atom. The van der Waals surface area contributed by atoms with Gasteiger partial charge in [0.05, 0.1) is 0 Å². The van der Waals surface area contributed by atoms with Gasteiger partial charge < -0.3 is 0 Å². The summed E-state index contributed by atoms with van der Waals surface area (Å²) in [5, 5.41) is 0. The summed E-state index contributed by atoms with van der Waals surface area (Å²) in [5.41, 5.74) is 3.79. The van der Waals surface area contributed by atoms with Gasteiger partial charge in [-0.1, -0.05) is 63.0 Å². The quantitative estimate of drug-likeness (QED) is 0.557. The predicted octanol–water partition coefficient (Wildman–Crippen LogP) is 5.58. The van der Waals surface area contributed by atoms with Crippen molar-refractivity contribution in [2.24, 2.45) is 0 Å². The molecule has 1 saturated heterocycles. The van der Waals surface area contributed by atoms with Crippen molar-refractivity contribution in [3.63, 3.8) is 0 Å². The summed E-state index contributed by atoms with van der Waals surface area (Å²) in [5.74, 6) is 0.149. The number of ketones is 1. The van der Waals surface area contributed by atoms with Crippen LogP contribution in [0, 0.1) is 0 Å². The molecule has 0 unspecified atom stereocenters. The van der Waals surface area contributed by atoms with Crippen LogP contribution >= 0.6 is 31.9 Å². The van der Waals surface area contributed by atoms with Crippen molar-refractivity contribution in [3.05, 3.63) is 79.7 Å². The minimum atomic E-state index is 0.149. The Kier molecular flexibility index (Phi) is 6.05. The molecule has 1 fully saturated rings. The number of halogens is 2. The number of hydrogen-bond donors (Lipinski definition) is 0. The second-order valence-corrected chi connectivity index (χ2v) is 7.91. The smallest absolute Gasteiger partial charge is 0.187 e. The van der Waals surface area contributed by atoms with E-state index in [1.165, 1.54) is 0 Å². The topological polar surface area (TPSA) is 20.3 Å². The van der Waals surface area contributed by atoms with Crippen molar-refractivity contribution in [2.75, 3.05) is 19.6 Å². The van der Waals surface area contributed by atoms with E-state index in [1.54, 1.807) is 0 Å². The van der Waals surface area contributed by atoms with Gasteiger partial charge in [0.1, 0.15) is 0 Å². The zero-order valence-electron chi connectivity index (χ0n) is 14.0. The van der Waals surface area contributed by atoms with Crippen molar-refractivity contribution in [2.45, 2.75) is 6.92 Å². The predicted molar refractivity (Wildman–Crippen MR) is 111 cm³/mol. The SMILES string of the molecule is CCN1C/C(=C/c2ccc(Br)cc2)C(=O)/C(=C/c2ccc(Br)cc2)C1. The third kappa shape index (κ3) is 4.78. The number of hydrogen-bond acceptors (Lipinski definition) is 2. The number of likely N-dealkylation sites (N-methyl/N-ethyl adjacent to an activating group) is 1. The molecule has 0 saturated carbocycles. The van der Waals surface area contributed by atoms with E-state index in [9.17, 15) is 4.79 Å². The highest BCUT2D eigenvalue weighted by atomic mass is 79.9. The number of carbonyl (C=O) groups is 1. The maximum absolute atomic E-state index is 12.9. The van der Waals surface area contributed by atoms with Gasteiger partial charge in [0.2, 0.25) is 0 Å². The lowest BCUT2D eigenvalue weighted by molar-refractivity contribution is -0.113. The van der Waals surface area contributed by atoms with Gasteiger partial charge in [-0.25, -0.2) is 0 Å². The molecule has 128 valence electrons. The molecule has 0 atom stereocenters. The van der Waals surface area contributed by atoms with Crippen LogP contribution in [-0.4, -0.2) is 30.3 Å². The van der Waals surface area contributed by atoms with Crippen LogP contribution in [0.3, 0.4) is 0 Å². The second-order valence-electron chi connectivity index (χ2n) is 6.07. The molecule has 1 aliphatic rings. The van der Waals surface area contributed by atoms with E-state index >= 15 is 0 Å². The summed E-state index contributed by atoms with van der Waals surface area (Å²) in [7, 11) is 0. The molecule has 0 N–H and O–H groups in total. The van der Waals surface area contributed by atoms with Gasteiger partial charge in [-0.05, 0) is 54.1 Å². The van der Waals surface area contributed by atoms with Crippen molar-refractivity contribution < 1.29 is 4.79 Å². The van der Waals surface area contributed by atoms with E-state index in [2.05, 4.69) is 43.7 Å². The standard InChI is InChI=1S/C21H19Br2NO/c1-2-24-13-17(11-15-3-7-19(22)8-4-15)21(25)18(14-24)12-16-5-9-20(23)10-6-16/h3-12H,2,13-14H2,1H3/b17-11-,18-12+. The summed E-state index contributed by atoms with van der Waals surface area (Å²) in [6.45, 7) is 4.44. The molecule has 1 aliphatic heterocycles. The largest absolute Gasteiger partial charge is 0.295 e. The lowest BCUT2D eigenvalue weighted by Crippen LogP contribution is -2.37. The van der Waals surface area contributed by atoms with E-state index < -0.39 is 0 Å². The first kappa shape index (κ1) is 18.3. The molecule has 2 aromatic rings. The third-order valence-corrected chi connectivity index (χ3v) is 5.30. The van der Waals surface area contributed by atoms with Crippen molar-refractivity contribution in [1.82, 2.24) is 4.90 Å². The van der Waals surface area contributed by atoms with E-state index in [0.29, 0.717) is 13.1 Å². The van der Waals surface area contributed by atoms with Crippen LogP contribution in [0.5, 0.6) is 0 Å². The minimum Gasteiger partial charge on any atom is -0.295 e. The summed E-state index contributed by atoms with van der Waals surface area (Å²) in [4.78, 5) is 15.2. The Balaban J connectivity index is 1.93. The van der Waals surface area contributed by atoms with Crippen LogP contribution in [0.1, 0.15) is 18.1 Å². The summed E-state index contributed by atoms with van der Waals surface area (Å²) < 4.78 is 2.08. The monoisotopic (exact) mass is 459 g/mol. The zero-order chi connectivity index (χ0) is 17.8. The molecule has 25 heavy (non-hydrogen) atoms. The first-order valence-corrected chi connectivity index (χ1v) is 9.83. The fraction of sp³-hybridized carbons (Fsp3) is 0.190. The molecule has 4 heteroatoms. The Labute approximate surface area is 165 Å². The summed E-state index contributed by atoms with van der Waals surface area (Å²) in [6.07, 6.45) is 4.01. The van der Waals surface area contributed by atoms with Crippen molar-refractivity contribution in [3.8, 4) is 0 Å². The maximum atomic E-state index is 12.9. The lowest BCUT2D eigenvalue weighted by Gasteiger charge is -2.28. The first-order valence-electron chi connectivity index (χ1n) is 8.24. The Morgan fingerprint density at radius 3 is 1.60 bits per heavy atom. The van der Waals surface area contributed by atoms with Gasteiger partial charge in [-0.3, -0.25) is 9.69 Å². The number of carbonyl (C=O) groups excluding carboxylic acids is 1. The maximum Gasteiger partial charge on any atom is 0.187 e. The average molecular weight is 461 g/mol. The number of benzene rings is 2. The number of Topliss-reactive ketones (excluding diaryl/α,β-unsaturated/α-hetero) is 1. The van der Waals surface area contributed by atoms with Gasteiger partial charge in [0.25, 0.3) is 0 Å². The normalized spacial score (nSPS) is 18.9.